The largest absolute Gasteiger partial charge is 0.478 e. The molecule has 0 spiro atoms. The first-order valence-electron chi connectivity index (χ1n) is 7.23. The normalized spacial score (nSPS) is 10.6. The van der Waals surface area contributed by atoms with Gasteiger partial charge in [-0.2, -0.15) is 5.10 Å². The molecule has 0 fully saturated rings. The van der Waals surface area contributed by atoms with E-state index in [1.807, 2.05) is 26.0 Å². The Hall–Kier alpha value is -2.86. The Bertz CT molecular complexity index is 921. The van der Waals surface area contributed by atoms with Gasteiger partial charge in [0.25, 0.3) is 0 Å². The van der Waals surface area contributed by atoms with Gasteiger partial charge in [-0.25, -0.2) is 9.48 Å². The van der Waals surface area contributed by atoms with E-state index in [0.29, 0.717) is 16.5 Å². The second kappa shape index (κ2) is 6.33. The van der Waals surface area contributed by atoms with E-state index in [1.54, 1.807) is 29.2 Å². The van der Waals surface area contributed by atoms with E-state index >= 15 is 0 Å². The van der Waals surface area contributed by atoms with Gasteiger partial charge in [-0.15, -0.1) is 0 Å². The molecule has 1 aromatic carbocycles. The molecule has 2 N–H and O–H groups in total. The molecule has 2 aromatic heterocycles. The molecule has 0 aliphatic heterocycles. The molecule has 2 heterocycles. The van der Waals surface area contributed by atoms with E-state index in [0.717, 1.165) is 16.9 Å². The van der Waals surface area contributed by atoms with Crippen LogP contribution in [0.1, 0.15) is 21.6 Å². The van der Waals surface area contributed by atoms with Gasteiger partial charge >= 0.3 is 5.97 Å². The van der Waals surface area contributed by atoms with Crippen molar-refractivity contribution >= 4 is 29.1 Å². The summed E-state index contributed by atoms with van der Waals surface area (Å²) < 4.78 is 1.71. The summed E-state index contributed by atoms with van der Waals surface area (Å²) in [4.78, 5) is 15.6. The lowest BCUT2D eigenvalue weighted by Crippen LogP contribution is -2.07. The van der Waals surface area contributed by atoms with Crippen molar-refractivity contribution in [2.24, 2.45) is 0 Å². The number of hydrogen-bond donors (Lipinski definition) is 2. The van der Waals surface area contributed by atoms with Gasteiger partial charge in [-0.1, -0.05) is 11.6 Å². The van der Waals surface area contributed by atoms with Crippen molar-refractivity contribution < 1.29 is 9.90 Å². The van der Waals surface area contributed by atoms with Crippen LogP contribution in [0.3, 0.4) is 0 Å². The Morgan fingerprint density at radius 2 is 2.04 bits per heavy atom. The van der Waals surface area contributed by atoms with Gasteiger partial charge in [-0.05, 0) is 43.7 Å². The summed E-state index contributed by atoms with van der Waals surface area (Å²) in [6.45, 7) is 3.83. The fourth-order valence-electron chi connectivity index (χ4n) is 2.39. The Labute approximate surface area is 143 Å². The second-order valence-electron chi connectivity index (χ2n) is 5.36. The van der Waals surface area contributed by atoms with Gasteiger partial charge in [0.1, 0.15) is 5.82 Å². The summed E-state index contributed by atoms with van der Waals surface area (Å²) in [5.41, 5.74) is 3.15. The molecule has 3 rings (SSSR count). The highest BCUT2D eigenvalue weighted by Crippen LogP contribution is 2.27. The van der Waals surface area contributed by atoms with Crippen molar-refractivity contribution in [1.82, 2.24) is 14.8 Å². The number of anilines is 2. The van der Waals surface area contributed by atoms with Crippen LogP contribution >= 0.6 is 11.6 Å². The molecular weight excluding hydrogens is 328 g/mol. The van der Waals surface area contributed by atoms with E-state index in [2.05, 4.69) is 15.4 Å². The van der Waals surface area contributed by atoms with E-state index in [-0.39, 0.29) is 5.56 Å². The minimum Gasteiger partial charge on any atom is -0.478 e. The highest BCUT2D eigenvalue weighted by Gasteiger charge is 2.15. The maximum absolute atomic E-state index is 11.4. The Balaban J connectivity index is 2.07. The van der Waals surface area contributed by atoms with Gasteiger partial charge in [-0.3, -0.25) is 4.98 Å². The number of aromatic carboxylic acids is 1. The van der Waals surface area contributed by atoms with Crippen molar-refractivity contribution in [1.29, 1.82) is 0 Å². The van der Waals surface area contributed by atoms with Crippen molar-refractivity contribution in [3.05, 3.63) is 64.6 Å². The van der Waals surface area contributed by atoms with Crippen molar-refractivity contribution in [3.8, 4) is 5.69 Å². The molecule has 6 nitrogen and oxygen atoms in total. The monoisotopic (exact) mass is 342 g/mol. The first-order chi connectivity index (χ1) is 11.5. The lowest BCUT2D eigenvalue weighted by Gasteiger charge is -2.13. The summed E-state index contributed by atoms with van der Waals surface area (Å²) in [5.74, 6) is -0.409. The molecule has 0 atom stereocenters. The van der Waals surface area contributed by atoms with Crippen LogP contribution < -0.4 is 5.32 Å². The van der Waals surface area contributed by atoms with Crippen LogP contribution in [0.15, 0.2) is 42.7 Å². The molecule has 7 heteroatoms. The fraction of sp³-hybridized carbons (Fsp3) is 0.118. The summed E-state index contributed by atoms with van der Waals surface area (Å²) in [6, 6.07) is 8.41. The number of halogens is 1. The molecule has 0 unspecified atom stereocenters. The molecule has 122 valence electrons. The third-order valence-corrected chi connectivity index (χ3v) is 3.78. The van der Waals surface area contributed by atoms with E-state index in [1.165, 1.54) is 6.07 Å². The molecule has 0 amide bonds. The highest BCUT2D eigenvalue weighted by atomic mass is 35.5. The lowest BCUT2D eigenvalue weighted by molar-refractivity contribution is 0.0698. The fourth-order valence-corrected chi connectivity index (χ4v) is 2.56. The average molecular weight is 343 g/mol. The van der Waals surface area contributed by atoms with Crippen molar-refractivity contribution in [2.45, 2.75) is 13.8 Å². The quantitative estimate of drug-likeness (QED) is 0.749. The van der Waals surface area contributed by atoms with Gasteiger partial charge in [0.15, 0.2) is 0 Å². The zero-order chi connectivity index (χ0) is 17.3. The Morgan fingerprint density at radius 3 is 2.75 bits per heavy atom. The van der Waals surface area contributed by atoms with Gasteiger partial charge in [0, 0.05) is 17.3 Å². The number of rotatable bonds is 4. The number of benzene rings is 1. The summed E-state index contributed by atoms with van der Waals surface area (Å²) in [6.07, 6.45) is 3.43. The zero-order valence-corrected chi connectivity index (χ0v) is 13.9. The molecule has 0 saturated heterocycles. The van der Waals surface area contributed by atoms with E-state index in [9.17, 15) is 9.90 Å². The van der Waals surface area contributed by atoms with Crippen molar-refractivity contribution in [3.63, 3.8) is 0 Å². The van der Waals surface area contributed by atoms with Crippen LogP contribution in [0.25, 0.3) is 5.69 Å². The number of carboxylic acid groups (broad SMARTS) is 1. The molecule has 24 heavy (non-hydrogen) atoms. The molecule has 0 radical (unpaired) electrons. The summed E-state index contributed by atoms with van der Waals surface area (Å²) >= 11 is 5.90. The number of aryl methyl sites for hydroxylation is 2. The number of carboxylic acids is 1. The Kier molecular flexibility index (Phi) is 4.22. The predicted molar refractivity (Wildman–Crippen MR) is 92.5 cm³/mol. The Morgan fingerprint density at radius 1 is 1.25 bits per heavy atom. The molecule has 0 bridgehead atoms. The lowest BCUT2D eigenvalue weighted by atomic mass is 10.2. The van der Waals surface area contributed by atoms with Crippen LogP contribution in [0, 0.1) is 13.8 Å². The molecule has 0 aliphatic rings. The maximum atomic E-state index is 11.4. The van der Waals surface area contributed by atoms with Crippen LogP contribution in [0.2, 0.25) is 5.02 Å². The zero-order valence-electron chi connectivity index (χ0n) is 13.1. The SMILES string of the molecule is Cc1cc(Nc2ccc(Cl)cc2C(=O)O)n(-c2cnccc2C)n1. The minimum atomic E-state index is -1.06. The number of nitrogens with zero attached hydrogens (tertiary/aromatic N) is 3. The van der Waals surface area contributed by atoms with Gasteiger partial charge in [0.2, 0.25) is 0 Å². The van der Waals surface area contributed by atoms with Crippen molar-refractivity contribution in [2.75, 3.05) is 5.32 Å². The highest BCUT2D eigenvalue weighted by molar-refractivity contribution is 6.31. The maximum Gasteiger partial charge on any atom is 0.337 e. The summed E-state index contributed by atoms with van der Waals surface area (Å²) in [5, 5.41) is 17.3. The third kappa shape index (κ3) is 3.09. The topological polar surface area (TPSA) is 80.0 Å². The van der Waals surface area contributed by atoms with Crippen LogP contribution in [-0.4, -0.2) is 25.8 Å². The summed E-state index contributed by atoms with van der Waals surface area (Å²) in [7, 11) is 0. The molecule has 3 aromatic rings. The molecular formula is C17H15ClN4O2. The van der Waals surface area contributed by atoms with Crippen LogP contribution in [0.4, 0.5) is 11.5 Å². The standard InChI is InChI=1S/C17H15ClN4O2/c1-10-5-6-19-9-15(10)22-16(7-11(2)21-22)20-14-4-3-12(18)8-13(14)17(23)24/h3-9,20H,1-2H3,(H,23,24). The number of aromatic nitrogens is 3. The van der Waals surface area contributed by atoms with E-state index in [4.69, 9.17) is 11.6 Å². The molecule has 0 saturated carbocycles. The van der Waals surface area contributed by atoms with E-state index < -0.39 is 5.97 Å². The number of carbonyl (C=O) groups is 1. The molecule has 0 aliphatic carbocycles. The van der Waals surface area contributed by atoms with Gasteiger partial charge in [0.05, 0.1) is 28.8 Å². The number of hydrogen-bond acceptors (Lipinski definition) is 4. The average Bonchev–Trinajstić information content (AvgIpc) is 2.89. The first-order valence-corrected chi connectivity index (χ1v) is 7.61. The predicted octanol–water partition coefficient (Wildman–Crippen LogP) is 3.98. The smallest absolute Gasteiger partial charge is 0.337 e. The minimum absolute atomic E-state index is 0.0933. The number of pyridine rings is 1. The number of nitrogens with one attached hydrogen (secondary N) is 1. The third-order valence-electron chi connectivity index (χ3n) is 3.55. The second-order valence-corrected chi connectivity index (χ2v) is 5.80. The van der Waals surface area contributed by atoms with Crippen LogP contribution in [-0.2, 0) is 0 Å². The first kappa shape index (κ1) is 16.0. The van der Waals surface area contributed by atoms with Crippen LogP contribution in [0.5, 0.6) is 0 Å². The van der Waals surface area contributed by atoms with Gasteiger partial charge < -0.3 is 10.4 Å².